The van der Waals surface area contributed by atoms with Gasteiger partial charge in [0.2, 0.25) is 5.82 Å². The summed E-state index contributed by atoms with van der Waals surface area (Å²) in [7, 11) is 1.53. The Balaban J connectivity index is 2.48. The third-order valence-electron chi connectivity index (χ3n) is 2.93. The largest absolute Gasteiger partial charge is 0.495 e. The lowest BCUT2D eigenvalue weighted by Gasteiger charge is -2.13. The summed E-state index contributed by atoms with van der Waals surface area (Å²) in [6, 6.07) is 5.47. The van der Waals surface area contributed by atoms with E-state index in [-0.39, 0.29) is 23.5 Å². The van der Waals surface area contributed by atoms with E-state index in [0.29, 0.717) is 11.4 Å². The highest BCUT2D eigenvalue weighted by atomic mass is 16.6. The number of nitrogens with zero attached hydrogens (tertiary/aromatic N) is 3. The summed E-state index contributed by atoms with van der Waals surface area (Å²) in [5.41, 5.74) is 1.23. The molecule has 0 saturated heterocycles. The molecule has 2 rings (SSSR count). The average Bonchev–Trinajstić information content (AvgIpc) is 2.46. The van der Waals surface area contributed by atoms with Crippen LogP contribution in [0.3, 0.4) is 0 Å². The van der Waals surface area contributed by atoms with E-state index in [2.05, 4.69) is 15.3 Å². The van der Waals surface area contributed by atoms with Gasteiger partial charge in [-0.25, -0.2) is 4.98 Å². The van der Waals surface area contributed by atoms with Crippen LogP contribution in [0.4, 0.5) is 17.2 Å². The lowest BCUT2D eigenvalue weighted by atomic mass is 10.2. The third kappa shape index (κ3) is 3.85. The minimum absolute atomic E-state index is 0.0459. The van der Waals surface area contributed by atoms with E-state index in [0.717, 1.165) is 5.56 Å². The van der Waals surface area contributed by atoms with Gasteiger partial charge < -0.3 is 14.8 Å². The predicted molar refractivity (Wildman–Crippen MR) is 85.5 cm³/mol. The topological polar surface area (TPSA) is 99.4 Å². The van der Waals surface area contributed by atoms with E-state index in [9.17, 15) is 10.1 Å². The molecule has 23 heavy (non-hydrogen) atoms. The summed E-state index contributed by atoms with van der Waals surface area (Å²) in [5, 5.41) is 14.3. The Labute approximate surface area is 133 Å². The van der Waals surface area contributed by atoms with Gasteiger partial charge in [0.25, 0.3) is 5.88 Å². The SMILES string of the molecule is COc1ccc(C)cc1Nc1ncnc(OC(C)C)c1[N+](=O)[O-]. The number of aryl methyl sites for hydroxylation is 1. The zero-order valence-electron chi connectivity index (χ0n) is 13.4. The van der Waals surface area contributed by atoms with E-state index in [1.165, 1.54) is 13.4 Å². The molecule has 0 fully saturated rings. The zero-order chi connectivity index (χ0) is 17.0. The lowest BCUT2D eigenvalue weighted by Crippen LogP contribution is -2.11. The van der Waals surface area contributed by atoms with Gasteiger partial charge in [-0.3, -0.25) is 10.1 Å². The van der Waals surface area contributed by atoms with E-state index in [1.807, 2.05) is 19.1 Å². The van der Waals surface area contributed by atoms with Gasteiger partial charge in [0.15, 0.2) is 0 Å². The molecule has 0 bridgehead atoms. The Hall–Kier alpha value is -2.90. The van der Waals surface area contributed by atoms with Crippen LogP contribution in [0.1, 0.15) is 19.4 Å². The Morgan fingerprint density at radius 1 is 1.30 bits per heavy atom. The maximum Gasteiger partial charge on any atom is 0.373 e. The Bertz CT molecular complexity index is 719. The number of rotatable bonds is 6. The van der Waals surface area contributed by atoms with Crippen molar-refractivity contribution in [2.24, 2.45) is 0 Å². The van der Waals surface area contributed by atoms with E-state index < -0.39 is 4.92 Å². The third-order valence-corrected chi connectivity index (χ3v) is 2.93. The Morgan fingerprint density at radius 3 is 2.65 bits per heavy atom. The number of benzene rings is 1. The van der Waals surface area contributed by atoms with Crippen LogP contribution in [0.15, 0.2) is 24.5 Å². The molecule has 0 atom stereocenters. The van der Waals surface area contributed by atoms with E-state index in [4.69, 9.17) is 9.47 Å². The normalized spacial score (nSPS) is 10.5. The number of anilines is 2. The van der Waals surface area contributed by atoms with Gasteiger partial charge in [0.05, 0.1) is 23.8 Å². The van der Waals surface area contributed by atoms with Crippen molar-refractivity contribution in [2.45, 2.75) is 26.9 Å². The summed E-state index contributed by atoms with van der Waals surface area (Å²) in [4.78, 5) is 18.7. The summed E-state index contributed by atoms with van der Waals surface area (Å²) < 4.78 is 10.7. The second-order valence-electron chi connectivity index (χ2n) is 5.13. The number of hydrogen-bond acceptors (Lipinski definition) is 7. The molecule has 0 amide bonds. The predicted octanol–water partition coefficient (Wildman–Crippen LogP) is 3.23. The van der Waals surface area contributed by atoms with Crippen molar-refractivity contribution < 1.29 is 14.4 Å². The van der Waals surface area contributed by atoms with Crippen LogP contribution in [0.5, 0.6) is 11.6 Å². The highest BCUT2D eigenvalue weighted by Gasteiger charge is 2.26. The van der Waals surface area contributed by atoms with Crippen LogP contribution < -0.4 is 14.8 Å². The first-order valence-corrected chi connectivity index (χ1v) is 7.00. The fraction of sp³-hybridized carbons (Fsp3) is 0.333. The molecule has 0 radical (unpaired) electrons. The second kappa shape index (κ2) is 6.91. The molecule has 1 heterocycles. The molecule has 122 valence electrons. The van der Waals surface area contributed by atoms with Gasteiger partial charge in [0, 0.05) is 0 Å². The number of methoxy groups -OCH3 is 1. The summed E-state index contributed by atoms with van der Waals surface area (Å²) in [6.07, 6.45) is 0.972. The van der Waals surface area contributed by atoms with Gasteiger partial charge >= 0.3 is 5.69 Å². The number of nitrogens with one attached hydrogen (secondary N) is 1. The van der Waals surface area contributed by atoms with Gasteiger partial charge in [-0.15, -0.1) is 0 Å². The fourth-order valence-electron chi connectivity index (χ4n) is 1.98. The monoisotopic (exact) mass is 318 g/mol. The first kappa shape index (κ1) is 16.5. The Kier molecular flexibility index (Phi) is 4.95. The molecule has 8 heteroatoms. The van der Waals surface area contributed by atoms with Gasteiger partial charge in [-0.1, -0.05) is 6.07 Å². The van der Waals surface area contributed by atoms with E-state index in [1.54, 1.807) is 19.9 Å². The molecule has 1 N–H and O–H groups in total. The minimum atomic E-state index is -0.567. The molecule has 1 aromatic heterocycles. The molecule has 1 aromatic carbocycles. The molecule has 0 aliphatic heterocycles. The number of nitro groups is 1. The highest BCUT2D eigenvalue weighted by Crippen LogP contribution is 2.36. The van der Waals surface area contributed by atoms with Crippen molar-refractivity contribution in [3.63, 3.8) is 0 Å². The molecular formula is C15H18N4O4. The fourth-order valence-corrected chi connectivity index (χ4v) is 1.98. The maximum atomic E-state index is 11.4. The van der Waals surface area contributed by atoms with Crippen LogP contribution in [0, 0.1) is 17.0 Å². The summed E-state index contributed by atoms with van der Waals surface area (Å²) >= 11 is 0. The van der Waals surface area contributed by atoms with E-state index >= 15 is 0 Å². The van der Waals surface area contributed by atoms with Crippen LogP contribution in [0.25, 0.3) is 0 Å². The van der Waals surface area contributed by atoms with Crippen molar-refractivity contribution in [2.75, 3.05) is 12.4 Å². The van der Waals surface area contributed by atoms with Gasteiger partial charge in [-0.2, -0.15) is 4.98 Å². The molecule has 0 aliphatic rings. The number of aromatic nitrogens is 2. The van der Waals surface area contributed by atoms with Crippen LogP contribution in [-0.2, 0) is 0 Å². The molecule has 8 nitrogen and oxygen atoms in total. The number of ether oxygens (including phenoxy) is 2. The molecular weight excluding hydrogens is 300 g/mol. The lowest BCUT2D eigenvalue weighted by molar-refractivity contribution is -0.385. The molecule has 0 spiro atoms. The van der Waals surface area contributed by atoms with Crippen molar-refractivity contribution >= 4 is 17.2 Å². The molecule has 2 aromatic rings. The zero-order valence-corrected chi connectivity index (χ0v) is 13.4. The van der Waals surface area contributed by atoms with Crippen LogP contribution >= 0.6 is 0 Å². The highest BCUT2D eigenvalue weighted by molar-refractivity contribution is 5.72. The maximum absolute atomic E-state index is 11.4. The van der Waals surface area contributed by atoms with Gasteiger partial charge in [0.1, 0.15) is 12.1 Å². The minimum Gasteiger partial charge on any atom is -0.495 e. The molecule has 0 unspecified atom stereocenters. The summed E-state index contributed by atoms with van der Waals surface area (Å²) in [5.74, 6) is 0.522. The van der Waals surface area contributed by atoms with Crippen molar-refractivity contribution in [1.29, 1.82) is 0 Å². The smallest absolute Gasteiger partial charge is 0.373 e. The van der Waals surface area contributed by atoms with Crippen molar-refractivity contribution in [3.05, 3.63) is 40.2 Å². The number of hydrogen-bond donors (Lipinski definition) is 1. The average molecular weight is 318 g/mol. The van der Waals surface area contributed by atoms with Crippen molar-refractivity contribution in [1.82, 2.24) is 9.97 Å². The Morgan fingerprint density at radius 2 is 2.04 bits per heavy atom. The van der Waals surface area contributed by atoms with Crippen molar-refractivity contribution in [3.8, 4) is 11.6 Å². The quantitative estimate of drug-likeness (QED) is 0.644. The van der Waals surface area contributed by atoms with Crippen LogP contribution in [-0.4, -0.2) is 28.1 Å². The summed E-state index contributed by atoms with van der Waals surface area (Å²) in [6.45, 7) is 5.44. The first-order valence-electron chi connectivity index (χ1n) is 7.00. The standard InChI is InChI=1S/C15H18N4O4/c1-9(2)23-15-13(19(20)21)14(16-8-17-15)18-11-7-10(3)5-6-12(11)22-4/h5-9H,1-4H3,(H,16,17,18). The van der Waals surface area contributed by atoms with Gasteiger partial charge in [-0.05, 0) is 38.5 Å². The molecule has 0 saturated carbocycles. The second-order valence-corrected chi connectivity index (χ2v) is 5.13. The first-order chi connectivity index (χ1) is 10.9. The molecule has 0 aliphatic carbocycles. The van der Waals surface area contributed by atoms with Crippen LogP contribution in [0.2, 0.25) is 0 Å².